The summed E-state index contributed by atoms with van der Waals surface area (Å²) in [4.78, 5) is 22.4. The first kappa shape index (κ1) is 13.4. The van der Waals surface area contributed by atoms with Crippen molar-refractivity contribution >= 4 is 17.6 Å². The Bertz CT molecular complexity index is 501. The standard InChI is InChI=1S/C14H18N2O3/c1-8(13(14(18)19)16-9(2)17)11-7-15-12-6-4-3-5-10(11)12/h3-6,8,11,13,15H,7H2,1-2H3,(H,16,17)(H,18,19)/t8-,11?,13+/m0/s1. The number of anilines is 1. The summed E-state index contributed by atoms with van der Waals surface area (Å²) in [6.45, 7) is 3.90. The van der Waals surface area contributed by atoms with Gasteiger partial charge in [0.25, 0.3) is 0 Å². The number of carbonyl (C=O) groups is 2. The first-order valence-corrected chi connectivity index (χ1v) is 6.33. The fourth-order valence-corrected chi connectivity index (χ4v) is 2.65. The maximum Gasteiger partial charge on any atom is 0.326 e. The van der Waals surface area contributed by atoms with Gasteiger partial charge in [-0.3, -0.25) is 4.79 Å². The Balaban J connectivity index is 2.21. The van der Waals surface area contributed by atoms with Crippen LogP contribution in [0.4, 0.5) is 5.69 Å². The molecule has 0 radical (unpaired) electrons. The molecule has 0 saturated carbocycles. The molecule has 3 N–H and O–H groups in total. The van der Waals surface area contributed by atoms with Crippen LogP contribution >= 0.6 is 0 Å². The van der Waals surface area contributed by atoms with Gasteiger partial charge in [0, 0.05) is 25.1 Å². The van der Waals surface area contributed by atoms with Crippen molar-refractivity contribution in [2.24, 2.45) is 5.92 Å². The Hall–Kier alpha value is -2.04. The third kappa shape index (κ3) is 2.70. The molecule has 1 unspecified atom stereocenters. The number of hydrogen-bond donors (Lipinski definition) is 3. The zero-order valence-electron chi connectivity index (χ0n) is 11.0. The molecule has 1 aromatic carbocycles. The third-order valence-electron chi connectivity index (χ3n) is 3.66. The van der Waals surface area contributed by atoms with Gasteiger partial charge >= 0.3 is 5.97 Å². The van der Waals surface area contributed by atoms with Gasteiger partial charge in [-0.25, -0.2) is 4.79 Å². The molecule has 1 aromatic rings. The van der Waals surface area contributed by atoms with E-state index in [-0.39, 0.29) is 17.7 Å². The van der Waals surface area contributed by atoms with Gasteiger partial charge in [-0.15, -0.1) is 0 Å². The number of fused-ring (bicyclic) bond motifs is 1. The minimum absolute atomic E-state index is 0.0872. The van der Waals surface area contributed by atoms with Crippen LogP contribution in [-0.4, -0.2) is 29.6 Å². The Kier molecular flexibility index (Phi) is 3.74. The van der Waals surface area contributed by atoms with Gasteiger partial charge in [-0.2, -0.15) is 0 Å². The highest BCUT2D eigenvalue weighted by atomic mass is 16.4. The number of amides is 1. The van der Waals surface area contributed by atoms with Crippen molar-refractivity contribution in [3.63, 3.8) is 0 Å². The predicted octanol–water partition coefficient (Wildman–Crippen LogP) is 1.42. The Morgan fingerprint density at radius 3 is 2.74 bits per heavy atom. The van der Waals surface area contributed by atoms with Crippen LogP contribution in [0.3, 0.4) is 0 Å². The molecule has 0 fully saturated rings. The number of carboxylic acid groups (broad SMARTS) is 1. The van der Waals surface area contributed by atoms with Crippen LogP contribution in [-0.2, 0) is 9.59 Å². The summed E-state index contributed by atoms with van der Waals surface area (Å²) in [6.07, 6.45) is 0. The molecule has 0 spiro atoms. The minimum Gasteiger partial charge on any atom is -0.480 e. The molecular weight excluding hydrogens is 244 g/mol. The van der Waals surface area contributed by atoms with Gasteiger partial charge in [0.2, 0.25) is 5.91 Å². The predicted molar refractivity (Wildman–Crippen MR) is 72.1 cm³/mol. The van der Waals surface area contributed by atoms with Crippen LogP contribution in [0.2, 0.25) is 0 Å². The van der Waals surface area contributed by atoms with E-state index in [0.29, 0.717) is 6.54 Å². The lowest BCUT2D eigenvalue weighted by Crippen LogP contribution is -2.46. The van der Waals surface area contributed by atoms with Crippen molar-refractivity contribution in [3.05, 3.63) is 29.8 Å². The van der Waals surface area contributed by atoms with Crippen molar-refractivity contribution in [1.82, 2.24) is 5.32 Å². The lowest BCUT2D eigenvalue weighted by molar-refractivity contribution is -0.143. The average Bonchev–Trinajstić information content (AvgIpc) is 2.78. The number of para-hydroxylation sites is 1. The number of carbonyl (C=O) groups excluding carboxylic acids is 1. The van der Waals surface area contributed by atoms with Gasteiger partial charge in [0.15, 0.2) is 0 Å². The molecule has 5 nitrogen and oxygen atoms in total. The average molecular weight is 262 g/mol. The fraction of sp³-hybridized carbons (Fsp3) is 0.429. The zero-order valence-corrected chi connectivity index (χ0v) is 11.0. The maximum atomic E-state index is 11.3. The summed E-state index contributed by atoms with van der Waals surface area (Å²) in [6, 6.07) is 7.01. The van der Waals surface area contributed by atoms with E-state index in [9.17, 15) is 14.7 Å². The maximum absolute atomic E-state index is 11.3. The molecular formula is C14H18N2O3. The molecule has 1 amide bonds. The molecule has 1 heterocycles. The van der Waals surface area contributed by atoms with E-state index in [4.69, 9.17) is 0 Å². The molecule has 0 bridgehead atoms. The van der Waals surface area contributed by atoms with Gasteiger partial charge in [-0.1, -0.05) is 25.1 Å². The van der Waals surface area contributed by atoms with E-state index in [2.05, 4.69) is 10.6 Å². The highest BCUT2D eigenvalue weighted by Gasteiger charge is 2.35. The fourth-order valence-electron chi connectivity index (χ4n) is 2.65. The van der Waals surface area contributed by atoms with Crippen LogP contribution in [0, 0.1) is 5.92 Å². The van der Waals surface area contributed by atoms with E-state index in [1.54, 1.807) is 0 Å². The molecule has 3 atom stereocenters. The lowest BCUT2D eigenvalue weighted by atomic mass is 9.83. The largest absolute Gasteiger partial charge is 0.480 e. The number of benzene rings is 1. The third-order valence-corrected chi connectivity index (χ3v) is 3.66. The molecule has 0 aromatic heterocycles. The monoisotopic (exact) mass is 262 g/mol. The Morgan fingerprint density at radius 2 is 2.11 bits per heavy atom. The molecule has 0 aliphatic carbocycles. The second-order valence-electron chi connectivity index (χ2n) is 4.95. The summed E-state index contributed by atoms with van der Waals surface area (Å²) in [5.74, 6) is -1.41. The van der Waals surface area contributed by atoms with Crippen LogP contribution in [0.25, 0.3) is 0 Å². The highest BCUT2D eigenvalue weighted by Crippen LogP contribution is 2.37. The number of aliphatic carboxylic acids is 1. The van der Waals surface area contributed by atoms with Crippen molar-refractivity contribution in [3.8, 4) is 0 Å². The SMILES string of the molecule is CC(=O)N[C@@H](C(=O)O)[C@@H](C)C1CNc2ccccc21. The lowest BCUT2D eigenvalue weighted by Gasteiger charge is -2.26. The summed E-state index contributed by atoms with van der Waals surface area (Å²) >= 11 is 0. The number of nitrogens with one attached hydrogen (secondary N) is 2. The van der Waals surface area contributed by atoms with Crippen LogP contribution < -0.4 is 10.6 Å². The van der Waals surface area contributed by atoms with Gasteiger partial charge < -0.3 is 15.7 Å². The van der Waals surface area contributed by atoms with Crippen LogP contribution in [0.1, 0.15) is 25.3 Å². The topological polar surface area (TPSA) is 78.4 Å². The second-order valence-corrected chi connectivity index (χ2v) is 4.95. The van der Waals surface area contributed by atoms with E-state index in [1.807, 2.05) is 31.2 Å². The van der Waals surface area contributed by atoms with Crippen LogP contribution in [0.15, 0.2) is 24.3 Å². The van der Waals surface area contributed by atoms with E-state index >= 15 is 0 Å². The van der Waals surface area contributed by atoms with Gasteiger partial charge in [-0.05, 0) is 17.5 Å². The van der Waals surface area contributed by atoms with Crippen molar-refractivity contribution in [2.75, 3.05) is 11.9 Å². The molecule has 2 rings (SSSR count). The van der Waals surface area contributed by atoms with Crippen molar-refractivity contribution in [2.45, 2.75) is 25.8 Å². The summed E-state index contributed by atoms with van der Waals surface area (Å²) in [7, 11) is 0. The molecule has 5 heteroatoms. The van der Waals surface area contributed by atoms with E-state index in [0.717, 1.165) is 11.3 Å². The summed E-state index contributed by atoms with van der Waals surface area (Å²) < 4.78 is 0. The van der Waals surface area contributed by atoms with Crippen LogP contribution in [0.5, 0.6) is 0 Å². The number of carboxylic acids is 1. The first-order valence-electron chi connectivity index (χ1n) is 6.33. The first-order chi connectivity index (χ1) is 9.00. The zero-order chi connectivity index (χ0) is 14.0. The smallest absolute Gasteiger partial charge is 0.326 e. The van der Waals surface area contributed by atoms with E-state index < -0.39 is 12.0 Å². The number of rotatable bonds is 4. The molecule has 0 saturated heterocycles. The molecule has 1 aliphatic heterocycles. The normalized spacial score (nSPS) is 20.0. The molecule has 1 aliphatic rings. The molecule has 102 valence electrons. The Labute approximate surface area is 112 Å². The number of hydrogen-bond acceptors (Lipinski definition) is 3. The minimum atomic E-state index is -0.993. The highest BCUT2D eigenvalue weighted by molar-refractivity contribution is 5.82. The van der Waals surface area contributed by atoms with Crippen molar-refractivity contribution in [1.29, 1.82) is 0 Å². The summed E-state index contributed by atoms with van der Waals surface area (Å²) in [5, 5.41) is 15.1. The van der Waals surface area contributed by atoms with Gasteiger partial charge in [0.05, 0.1) is 0 Å². The molecule has 19 heavy (non-hydrogen) atoms. The quantitative estimate of drug-likeness (QED) is 0.767. The second kappa shape index (κ2) is 5.30. The van der Waals surface area contributed by atoms with E-state index in [1.165, 1.54) is 6.92 Å². The van der Waals surface area contributed by atoms with Crippen molar-refractivity contribution < 1.29 is 14.7 Å². The Morgan fingerprint density at radius 1 is 1.42 bits per heavy atom. The van der Waals surface area contributed by atoms with Gasteiger partial charge in [0.1, 0.15) is 6.04 Å². The summed E-state index contributed by atoms with van der Waals surface area (Å²) in [5.41, 5.74) is 2.16.